The second-order valence-electron chi connectivity index (χ2n) is 4.83. The summed E-state index contributed by atoms with van der Waals surface area (Å²) >= 11 is 0. The first kappa shape index (κ1) is 12.9. The Kier molecular flexibility index (Phi) is 4.89. The van der Waals surface area contributed by atoms with Gasteiger partial charge in [0.2, 0.25) is 0 Å². The number of ether oxygens (including phenoxy) is 2. The van der Waals surface area contributed by atoms with Crippen molar-refractivity contribution in [3.8, 4) is 0 Å². The van der Waals surface area contributed by atoms with Gasteiger partial charge in [-0.25, -0.2) is 0 Å². The first-order chi connectivity index (χ1) is 5.71. The van der Waals surface area contributed by atoms with Gasteiger partial charge in [0.25, 0.3) is 0 Å². The number of rotatable bonds is 5. The third-order valence-electron chi connectivity index (χ3n) is 1.22. The summed E-state index contributed by atoms with van der Waals surface area (Å²) in [6.45, 7) is 10.9. The molecule has 0 unspecified atom stereocenters. The fourth-order valence-electron chi connectivity index (χ4n) is 0.729. The molecule has 0 saturated heterocycles. The molecule has 0 aromatic rings. The van der Waals surface area contributed by atoms with Crippen molar-refractivity contribution in [1.82, 2.24) is 0 Å². The third-order valence-corrected chi connectivity index (χ3v) is 1.22. The van der Waals surface area contributed by atoms with Crippen LogP contribution in [0.1, 0.15) is 34.6 Å². The van der Waals surface area contributed by atoms with E-state index in [1.165, 1.54) is 0 Å². The van der Waals surface area contributed by atoms with E-state index < -0.39 is 5.60 Å². The van der Waals surface area contributed by atoms with Gasteiger partial charge in [-0.3, -0.25) is 0 Å². The molecule has 80 valence electrons. The van der Waals surface area contributed by atoms with E-state index in [1.54, 1.807) is 13.8 Å². The first-order valence-electron chi connectivity index (χ1n) is 4.65. The summed E-state index contributed by atoms with van der Waals surface area (Å²) in [6, 6.07) is 0. The van der Waals surface area contributed by atoms with Gasteiger partial charge in [0, 0.05) is 0 Å². The summed E-state index contributed by atoms with van der Waals surface area (Å²) in [6.07, 6.45) is 0. The molecule has 0 fully saturated rings. The van der Waals surface area contributed by atoms with E-state index in [1.807, 2.05) is 20.8 Å². The average Bonchev–Trinajstić information content (AvgIpc) is 1.81. The summed E-state index contributed by atoms with van der Waals surface area (Å²) in [5.74, 6) is 0. The number of hydrogen-bond acceptors (Lipinski definition) is 3. The lowest BCUT2D eigenvalue weighted by Crippen LogP contribution is -2.28. The lowest BCUT2D eigenvalue weighted by Gasteiger charge is -2.21. The zero-order valence-corrected chi connectivity index (χ0v) is 9.39. The molecule has 0 aliphatic rings. The molecule has 0 heterocycles. The molecule has 1 N–H and O–H groups in total. The molecule has 0 aromatic heterocycles. The minimum Gasteiger partial charge on any atom is -0.388 e. The van der Waals surface area contributed by atoms with Gasteiger partial charge in [-0.15, -0.1) is 0 Å². The van der Waals surface area contributed by atoms with Crippen molar-refractivity contribution in [3.63, 3.8) is 0 Å². The minimum atomic E-state index is -0.748. The first-order valence-corrected chi connectivity index (χ1v) is 4.65. The van der Waals surface area contributed by atoms with Crippen molar-refractivity contribution in [2.45, 2.75) is 45.8 Å². The minimum absolute atomic E-state index is 0.113. The van der Waals surface area contributed by atoms with Crippen LogP contribution in [0.15, 0.2) is 0 Å². The predicted octanol–water partition coefficient (Wildman–Crippen LogP) is 1.59. The molecule has 3 nitrogen and oxygen atoms in total. The van der Waals surface area contributed by atoms with E-state index in [9.17, 15) is 5.11 Å². The Labute approximate surface area is 81.0 Å². The van der Waals surface area contributed by atoms with E-state index in [4.69, 9.17) is 9.47 Å². The summed E-state index contributed by atoms with van der Waals surface area (Å²) in [5, 5.41) is 9.31. The van der Waals surface area contributed by atoms with Crippen LogP contribution in [0, 0.1) is 0 Å². The zero-order valence-electron chi connectivity index (χ0n) is 9.39. The molecule has 0 bridgehead atoms. The lowest BCUT2D eigenvalue weighted by atomic mass is 10.2. The highest BCUT2D eigenvalue weighted by atomic mass is 16.5. The van der Waals surface area contributed by atoms with Crippen molar-refractivity contribution in [2.75, 3.05) is 19.8 Å². The predicted molar refractivity (Wildman–Crippen MR) is 52.8 cm³/mol. The van der Waals surface area contributed by atoms with Crippen LogP contribution in [0.2, 0.25) is 0 Å². The van der Waals surface area contributed by atoms with Gasteiger partial charge in [-0.05, 0) is 34.6 Å². The van der Waals surface area contributed by atoms with Gasteiger partial charge < -0.3 is 14.6 Å². The normalized spacial score (nSPS) is 13.4. The summed E-state index contributed by atoms with van der Waals surface area (Å²) in [7, 11) is 0. The Morgan fingerprint density at radius 1 is 1.00 bits per heavy atom. The van der Waals surface area contributed by atoms with E-state index in [2.05, 4.69) is 0 Å². The van der Waals surface area contributed by atoms with Crippen LogP contribution < -0.4 is 0 Å². The second kappa shape index (κ2) is 4.94. The Morgan fingerprint density at radius 2 is 1.54 bits per heavy atom. The fraction of sp³-hybridized carbons (Fsp3) is 1.00. The highest BCUT2D eigenvalue weighted by molar-refractivity contribution is 4.63. The van der Waals surface area contributed by atoms with Crippen LogP contribution in [0.4, 0.5) is 0 Å². The zero-order chi connectivity index (χ0) is 10.5. The molecule has 13 heavy (non-hydrogen) atoms. The van der Waals surface area contributed by atoms with Crippen LogP contribution in [-0.2, 0) is 9.47 Å². The Morgan fingerprint density at radius 3 is 1.92 bits per heavy atom. The Balaban J connectivity index is 3.28. The fourth-order valence-corrected chi connectivity index (χ4v) is 0.729. The van der Waals surface area contributed by atoms with Crippen molar-refractivity contribution < 1.29 is 14.6 Å². The smallest absolute Gasteiger partial charge is 0.0824 e. The van der Waals surface area contributed by atoms with Crippen LogP contribution in [0.3, 0.4) is 0 Å². The summed E-state index contributed by atoms with van der Waals surface area (Å²) in [5.41, 5.74) is -0.861. The SMILES string of the molecule is CC(C)(O)COCCOC(C)(C)C. The second-order valence-corrected chi connectivity index (χ2v) is 4.83. The molecule has 0 aromatic carbocycles. The molecule has 0 spiro atoms. The van der Waals surface area contributed by atoms with Crippen molar-refractivity contribution in [2.24, 2.45) is 0 Å². The van der Waals surface area contributed by atoms with Gasteiger partial charge in [-0.2, -0.15) is 0 Å². The molecule has 0 aliphatic carbocycles. The van der Waals surface area contributed by atoms with Crippen LogP contribution in [0.25, 0.3) is 0 Å². The largest absolute Gasteiger partial charge is 0.388 e. The number of hydrogen-bond donors (Lipinski definition) is 1. The Bertz CT molecular complexity index is 114. The van der Waals surface area contributed by atoms with E-state index in [0.717, 1.165) is 0 Å². The van der Waals surface area contributed by atoms with E-state index in [-0.39, 0.29) is 5.60 Å². The van der Waals surface area contributed by atoms with Crippen LogP contribution in [-0.4, -0.2) is 36.1 Å². The molecule has 0 radical (unpaired) electrons. The number of aliphatic hydroxyl groups is 1. The van der Waals surface area contributed by atoms with Gasteiger partial charge in [-0.1, -0.05) is 0 Å². The van der Waals surface area contributed by atoms with Crippen molar-refractivity contribution in [1.29, 1.82) is 0 Å². The van der Waals surface area contributed by atoms with Gasteiger partial charge in [0.1, 0.15) is 0 Å². The van der Waals surface area contributed by atoms with E-state index in [0.29, 0.717) is 19.8 Å². The van der Waals surface area contributed by atoms with E-state index >= 15 is 0 Å². The van der Waals surface area contributed by atoms with Crippen LogP contribution in [0.5, 0.6) is 0 Å². The molecular formula is C10H22O3. The average molecular weight is 190 g/mol. The molecule has 3 heteroatoms. The maximum atomic E-state index is 9.31. The van der Waals surface area contributed by atoms with Gasteiger partial charge in [0.15, 0.2) is 0 Å². The highest BCUT2D eigenvalue weighted by Gasteiger charge is 2.13. The lowest BCUT2D eigenvalue weighted by molar-refractivity contribution is -0.0648. The van der Waals surface area contributed by atoms with Crippen molar-refractivity contribution in [3.05, 3.63) is 0 Å². The van der Waals surface area contributed by atoms with Gasteiger partial charge >= 0.3 is 0 Å². The third kappa shape index (κ3) is 11.9. The maximum absolute atomic E-state index is 9.31. The molecule has 0 rings (SSSR count). The van der Waals surface area contributed by atoms with Gasteiger partial charge in [0.05, 0.1) is 31.0 Å². The standard InChI is InChI=1S/C10H22O3/c1-9(2,3)13-7-6-12-8-10(4,5)11/h11H,6-8H2,1-5H3. The topological polar surface area (TPSA) is 38.7 Å². The molecule has 0 aliphatic heterocycles. The summed E-state index contributed by atoms with van der Waals surface area (Å²) in [4.78, 5) is 0. The summed E-state index contributed by atoms with van der Waals surface area (Å²) < 4.78 is 10.7. The van der Waals surface area contributed by atoms with Crippen molar-refractivity contribution >= 4 is 0 Å². The Hall–Kier alpha value is -0.120. The maximum Gasteiger partial charge on any atom is 0.0824 e. The van der Waals surface area contributed by atoms with Crippen LogP contribution >= 0.6 is 0 Å². The molecular weight excluding hydrogens is 168 g/mol. The molecule has 0 amide bonds. The highest BCUT2D eigenvalue weighted by Crippen LogP contribution is 2.06. The molecule has 0 saturated carbocycles. The monoisotopic (exact) mass is 190 g/mol. The quantitative estimate of drug-likeness (QED) is 0.669. The molecule has 0 atom stereocenters.